The molecule has 0 radical (unpaired) electrons. The molecule has 2 fully saturated rings. The summed E-state index contributed by atoms with van der Waals surface area (Å²) in [6.07, 6.45) is 7.36. The molecule has 0 spiro atoms. The first-order valence-corrected chi connectivity index (χ1v) is 9.72. The van der Waals surface area contributed by atoms with Gasteiger partial charge >= 0.3 is 0 Å². The van der Waals surface area contributed by atoms with Crippen molar-refractivity contribution < 1.29 is 9.53 Å². The lowest BCUT2D eigenvalue weighted by Gasteiger charge is -2.35. The molecule has 28 heavy (non-hydrogen) atoms. The topological polar surface area (TPSA) is 96.0 Å². The van der Waals surface area contributed by atoms with Crippen molar-refractivity contribution in [1.29, 1.82) is 0 Å². The van der Waals surface area contributed by atoms with Crippen molar-refractivity contribution in [2.75, 3.05) is 36.5 Å². The monoisotopic (exact) mass is 378 g/mol. The molecular weight excluding hydrogens is 356 g/mol. The fourth-order valence-electron chi connectivity index (χ4n) is 3.89. The number of hydrogen-bond donors (Lipinski definition) is 2. The lowest BCUT2D eigenvalue weighted by molar-refractivity contribution is 0.0904. The van der Waals surface area contributed by atoms with E-state index in [-0.39, 0.29) is 0 Å². The van der Waals surface area contributed by atoms with Crippen molar-refractivity contribution in [1.82, 2.24) is 20.2 Å². The van der Waals surface area contributed by atoms with E-state index in [9.17, 15) is 4.79 Å². The number of aldehydes is 1. The standard InChI is InChI=1S/C20H22N6O2/c27-12-13-2-6-21-18(19(13)26-8-1-9-26)17-16-15(24-25-17)3-7-22-20(16)23-14-4-10-28-11-5-14/h2-3,6-7,12,14H,1,4-5,8-11H2,(H,22,23)(H,24,25). The molecule has 5 rings (SSSR count). The van der Waals surface area contributed by atoms with E-state index in [0.717, 1.165) is 85.6 Å². The minimum atomic E-state index is 0.318. The second-order valence-corrected chi connectivity index (χ2v) is 7.24. The summed E-state index contributed by atoms with van der Waals surface area (Å²) in [5.41, 5.74) is 3.84. The van der Waals surface area contributed by atoms with E-state index in [4.69, 9.17) is 4.74 Å². The molecule has 8 nitrogen and oxygen atoms in total. The van der Waals surface area contributed by atoms with Gasteiger partial charge in [-0.2, -0.15) is 5.10 Å². The van der Waals surface area contributed by atoms with Gasteiger partial charge in [0.1, 0.15) is 17.2 Å². The molecule has 3 aromatic rings. The van der Waals surface area contributed by atoms with Gasteiger partial charge in [0.05, 0.1) is 16.6 Å². The largest absolute Gasteiger partial charge is 0.381 e. The van der Waals surface area contributed by atoms with Gasteiger partial charge in [-0.1, -0.05) is 0 Å². The van der Waals surface area contributed by atoms with Crippen LogP contribution in [0.1, 0.15) is 29.6 Å². The van der Waals surface area contributed by atoms with Crippen LogP contribution in [0.25, 0.3) is 22.3 Å². The average Bonchev–Trinajstić information content (AvgIpc) is 3.13. The van der Waals surface area contributed by atoms with Crippen LogP contribution in [-0.4, -0.2) is 58.8 Å². The predicted octanol–water partition coefficient (Wildman–Crippen LogP) is 2.63. The molecule has 0 aliphatic carbocycles. The number of carbonyl (C=O) groups is 1. The maximum atomic E-state index is 11.7. The number of carbonyl (C=O) groups excluding carboxylic acids is 1. The molecule has 2 aliphatic rings. The van der Waals surface area contributed by atoms with Crippen molar-refractivity contribution in [3.05, 3.63) is 30.1 Å². The zero-order valence-electron chi connectivity index (χ0n) is 15.5. The number of H-pyrrole nitrogens is 1. The summed E-state index contributed by atoms with van der Waals surface area (Å²) in [4.78, 5) is 23.1. The molecular formula is C20H22N6O2. The van der Waals surface area contributed by atoms with Gasteiger partial charge in [-0.25, -0.2) is 4.98 Å². The van der Waals surface area contributed by atoms with Crippen LogP contribution in [0.15, 0.2) is 24.5 Å². The zero-order chi connectivity index (χ0) is 18.9. The molecule has 0 saturated carbocycles. The highest BCUT2D eigenvalue weighted by atomic mass is 16.5. The molecule has 0 aromatic carbocycles. The summed E-state index contributed by atoms with van der Waals surface area (Å²) in [6, 6.07) is 3.99. The van der Waals surface area contributed by atoms with Gasteiger partial charge < -0.3 is 15.0 Å². The van der Waals surface area contributed by atoms with Crippen LogP contribution in [0.5, 0.6) is 0 Å². The Morgan fingerprint density at radius 3 is 2.71 bits per heavy atom. The maximum Gasteiger partial charge on any atom is 0.152 e. The second-order valence-electron chi connectivity index (χ2n) is 7.24. The van der Waals surface area contributed by atoms with Crippen LogP contribution < -0.4 is 10.2 Å². The maximum absolute atomic E-state index is 11.7. The van der Waals surface area contributed by atoms with E-state index >= 15 is 0 Å². The van der Waals surface area contributed by atoms with Gasteiger partial charge in [-0.05, 0) is 31.4 Å². The Morgan fingerprint density at radius 1 is 1.14 bits per heavy atom. The molecule has 2 saturated heterocycles. The molecule has 0 bridgehead atoms. The third kappa shape index (κ3) is 2.90. The second kappa shape index (κ2) is 7.20. The number of fused-ring (bicyclic) bond motifs is 1. The minimum absolute atomic E-state index is 0.318. The number of rotatable bonds is 5. The van der Waals surface area contributed by atoms with E-state index < -0.39 is 0 Å². The SMILES string of the molecule is O=Cc1ccnc(-c2n[nH]c3ccnc(NC4CCOCC4)c23)c1N1CCC1. The first-order chi connectivity index (χ1) is 13.8. The van der Waals surface area contributed by atoms with Crippen LogP contribution in [-0.2, 0) is 4.74 Å². The third-order valence-electron chi connectivity index (χ3n) is 5.52. The first-order valence-electron chi connectivity index (χ1n) is 9.72. The van der Waals surface area contributed by atoms with Crippen LogP contribution in [0, 0.1) is 0 Å². The highest BCUT2D eigenvalue weighted by Gasteiger charge is 2.26. The molecule has 5 heterocycles. The van der Waals surface area contributed by atoms with Gasteiger partial charge in [0, 0.05) is 50.3 Å². The summed E-state index contributed by atoms with van der Waals surface area (Å²) >= 11 is 0. The number of ether oxygens (including phenoxy) is 1. The van der Waals surface area contributed by atoms with E-state index in [0.29, 0.717) is 11.6 Å². The predicted molar refractivity (Wildman–Crippen MR) is 107 cm³/mol. The number of aromatic amines is 1. The zero-order valence-corrected chi connectivity index (χ0v) is 15.5. The molecule has 0 atom stereocenters. The minimum Gasteiger partial charge on any atom is -0.381 e. The van der Waals surface area contributed by atoms with Gasteiger partial charge in [0.2, 0.25) is 0 Å². The first kappa shape index (κ1) is 17.1. The highest BCUT2D eigenvalue weighted by molar-refractivity contribution is 6.03. The van der Waals surface area contributed by atoms with Crippen LogP contribution in [0.4, 0.5) is 11.5 Å². The molecule has 0 unspecified atom stereocenters. The Labute approximate surface area is 162 Å². The van der Waals surface area contributed by atoms with E-state index in [1.807, 2.05) is 6.07 Å². The fraction of sp³-hybridized carbons (Fsp3) is 0.400. The van der Waals surface area contributed by atoms with Gasteiger partial charge in [0.25, 0.3) is 0 Å². The Balaban J connectivity index is 1.63. The third-order valence-corrected chi connectivity index (χ3v) is 5.52. The van der Waals surface area contributed by atoms with Crippen molar-refractivity contribution in [3.8, 4) is 11.4 Å². The quantitative estimate of drug-likeness (QED) is 0.659. The Kier molecular flexibility index (Phi) is 4.40. The summed E-state index contributed by atoms with van der Waals surface area (Å²) in [5.74, 6) is 0.793. The average molecular weight is 378 g/mol. The van der Waals surface area contributed by atoms with Gasteiger partial charge in [0.15, 0.2) is 6.29 Å². The molecule has 0 amide bonds. The van der Waals surface area contributed by atoms with E-state index in [1.54, 1.807) is 18.5 Å². The molecule has 8 heteroatoms. The molecule has 3 aromatic heterocycles. The Bertz CT molecular complexity index is 1010. The fourth-order valence-corrected chi connectivity index (χ4v) is 3.89. The number of pyridine rings is 2. The summed E-state index contributed by atoms with van der Waals surface area (Å²) in [5, 5.41) is 12.1. The molecule has 144 valence electrons. The van der Waals surface area contributed by atoms with Crippen LogP contribution in [0.3, 0.4) is 0 Å². The number of anilines is 2. The van der Waals surface area contributed by atoms with E-state index in [2.05, 4.69) is 30.4 Å². The Morgan fingerprint density at radius 2 is 1.96 bits per heavy atom. The smallest absolute Gasteiger partial charge is 0.152 e. The molecule has 2 N–H and O–H groups in total. The summed E-state index contributed by atoms with van der Waals surface area (Å²) in [6.45, 7) is 3.36. The van der Waals surface area contributed by atoms with Gasteiger partial charge in [-0.15, -0.1) is 0 Å². The number of hydrogen-bond acceptors (Lipinski definition) is 7. The summed E-state index contributed by atoms with van der Waals surface area (Å²) < 4.78 is 5.46. The van der Waals surface area contributed by atoms with Crippen LogP contribution in [0.2, 0.25) is 0 Å². The Hall–Kier alpha value is -3.00. The van der Waals surface area contributed by atoms with Crippen molar-refractivity contribution >= 4 is 28.7 Å². The molecule has 2 aliphatic heterocycles. The lowest BCUT2D eigenvalue weighted by Crippen LogP contribution is -2.38. The number of nitrogens with zero attached hydrogens (tertiary/aromatic N) is 4. The van der Waals surface area contributed by atoms with Gasteiger partial charge in [-0.3, -0.25) is 14.9 Å². The summed E-state index contributed by atoms with van der Waals surface area (Å²) in [7, 11) is 0. The van der Waals surface area contributed by atoms with Crippen LogP contribution >= 0.6 is 0 Å². The normalized spacial score (nSPS) is 17.5. The van der Waals surface area contributed by atoms with E-state index in [1.165, 1.54) is 0 Å². The van der Waals surface area contributed by atoms with Crippen molar-refractivity contribution in [2.45, 2.75) is 25.3 Å². The number of nitrogens with one attached hydrogen (secondary N) is 2. The number of aromatic nitrogens is 4. The van der Waals surface area contributed by atoms with Crippen molar-refractivity contribution in [2.24, 2.45) is 0 Å². The van der Waals surface area contributed by atoms with Crippen molar-refractivity contribution in [3.63, 3.8) is 0 Å². The lowest BCUT2D eigenvalue weighted by atomic mass is 10.0. The highest BCUT2D eigenvalue weighted by Crippen LogP contribution is 2.38.